The van der Waals surface area contributed by atoms with Crippen LogP contribution in [-0.4, -0.2) is 31.6 Å². The predicted molar refractivity (Wildman–Crippen MR) is 80.3 cm³/mol. The topological polar surface area (TPSA) is 15.3 Å². The molecule has 1 saturated heterocycles. The average molecular weight is 287 g/mol. The molecule has 0 spiro atoms. The minimum Gasteiger partial charge on any atom is -0.316 e. The summed E-state index contributed by atoms with van der Waals surface area (Å²) < 4.78 is 13.7. The van der Waals surface area contributed by atoms with Crippen molar-refractivity contribution in [2.75, 3.05) is 26.7 Å². The third kappa shape index (κ3) is 5.09. The lowest BCUT2D eigenvalue weighted by Gasteiger charge is -2.27. The van der Waals surface area contributed by atoms with Gasteiger partial charge in [-0.2, -0.15) is 0 Å². The van der Waals surface area contributed by atoms with Crippen LogP contribution in [0.5, 0.6) is 0 Å². The van der Waals surface area contributed by atoms with Crippen LogP contribution in [0.15, 0.2) is 18.2 Å². The van der Waals surface area contributed by atoms with Gasteiger partial charge in [0.05, 0.1) is 0 Å². The van der Waals surface area contributed by atoms with Crippen LogP contribution >= 0.6 is 12.4 Å². The van der Waals surface area contributed by atoms with Gasteiger partial charge in [-0.15, -0.1) is 12.4 Å². The summed E-state index contributed by atoms with van der Waals surface area (Å²) in [6.07, 6.45) is 2.55. The Bertz CT molecular complexity index is 392. The normalized spacial score (nSPS) is 19.3. The zero-order valence-electron chi connectivity index (χ0n) is 11.8. The van der Waals surface area contributed by atoms with Gasteiger partial charge < -0.3 is 10.2 Å². The third-order valence-electron chi connectivity index (χ3n) is 3.61. The fraction of sp³-hybridized carbons (Fsp3) is 0.600. The Labute approximate surface area is 121 Å². The molecular weight excluding hydrogens is 263 g/mol. The van der Waals surface area contributed by atoms with Crippen LogP contribution in [0.4, 0.5) is 4.39 Å². The van der Waals surface area contributed by atoms with E-state index in [1.54, 1.807) is 6.07 Å². The molecule has 1 atom stereocenters. The molecule has 0 bridgehead atoms. The van der Waals surface area contributed by atoms with E-state index in [2.05, 4.69) is 17.3 Å². The number of halogens is 2. The molecule has 2 rings (SSSR count). The highest BCUT2D eigenvalue weighted by atomic mass is 35.5. The molecule has 1 heterocycles. The first-order valence-electron chi connectivity index (χ1n) is 6.79. The van der Waals surface area contributed by atoms with E-state index in [0.717, 1.165) is 30.8 Å². The molecule has 1 aromatic rings. The highest BCUT2D eigenvalue weighted by molar-refractivity contribution is 5.85. The number of nitrogens with one attached hydrogen (secondary N) is 1. The molecule has 0 aliphatic carbocycles. The lowest BCUT2D eigenvalue weighted by molar-refractivity contribution is 0.235. The van der Waals surface area contributed by atoms with E-state index in [1.807, 2.05) is 19.1 Å². The summed E-state index contributed by atoms with van der Waals surface area (Å²) in [5.74, 6) is 0.617. The molecule has 0 radical (unpaired) electrons. The molecule has 19 heavy (non-hydrogen) atoms. The summed E-state index contributed by atoms with van der Waals surface area (Å²) in [7, 11) is 2.08. The van der Waals surface area contributed by atoms with Gasteiger partial charge >= 0.3 is 0 Å². The predicted octanol–water partition coefficient (Wildman–Crippen LogP) is 2.99. The maximum absolute atomic E-state index is 13.7. The summed E-state index contributed by atoms with van der Waals surface area (Å²) in [4.78, 5) is 2.23. The summed E-state index contributed by atoms with van der Waals surface area (Å²) in [5.41, 5.74) is 1.93. The van der Waals surface area contributed by atoms with E-state index in [-0.39, 0.29) is 18.2 Å². The van der Waals surface area contributed by atoms with Crippen molar-refractivity contribution in [1.29, 1.82) is 0 Å². The van der Waals surface area contributed by atoms with Gasteiger partial charge in [-0.3, -0.25) is 0 Å². The zero-order chi connectivity index (χ0) is 13.0. The quantitative estimate of drug-likeness (QED) is 0.915. The molecule has 1 fully saturated rings. The Morgan fingerprint density at radius 3 is 2.89 bits per heavy atom. The Hall–Kier alpha value is -0.640. The zero-order valence-corrected chi connectivity index (χ0v) is 12.6. The maximum atomic E-state index is 13.7. The number of hydrogen-bond acceptors (Lipinski definition) is 2. The molecule has 1 N–H and O–H groups in total. The molecule has 0 saturated carbocycles. The summed E-state index contributed by atoms with van der Waals surface area (Å²) in [6.45, 7) is 5.99. The summed E-state index contributed by atoms with van der Waals surface area (Å²) in [5, 5.41) is 3.42. The minimum absolute atomic E-state index is 0. The Balaban J connectivity index is 0.00000180. The van der Waals surface area contributed by atoms with Crippen molar-refractivity contribution in [2.45, 2.75) is 26.3 Å². The molecule has 0 aromatic heterocycles. The third-order valence-corrected chi connectivity index (χ3v) is 3.61. The van der Waals surface area contributed by atoms with Crippen LogP contribution in [0.2, 0.25) is 0 Å². The molecule has 2 nitrogen and oxygen atoms in total. The second-order valence-electron chi connectivity index (χ2n) is 5.50. The minimum atomic E-state index is -0.0887. The number of piperidine rings is 1. The largest absolute Gasteiger partial charge is 0.316 e. The smallest absolute Gasteiger partial charge is 0.127 e. The van der Waals surface area contributed by atoms with Crippen molar-refractivity contribution in [2.24, 2.45) is 5.92 Å². The standard InChI is InChI=1S/C15H23FN2.ClH/c1-12-5-6-15(16)14(8-12)11-18(2)10-13-4-3-7-17-9-13;/h5-6,8,13,17H,3-4,7,9-11H2,1-2H3;1H. The second kappa shape index (κ2) is 7.83. The summed E-state index contributed by atoms with van der Waals surface area (Å²) in [6, 6.07) is 5.34. The lowest BCUT2D eigenvalue weighted by Crippen LogP contribution is -2.36. The fourth-order valence-electron chi connectivity index (χ4n) is 2.70. The SMILES string of the molecule is Cc1ccc(F)c(CN(C)CC2CCCNC2)c1.Cl. The van der Waals surface area contributed by atoms with Crippen LogP contribution < -0.4 is 5.32 Å². The fourth-order valence-corrected chi connectivity index (χ4v) is 2.70. The first-order chi connectivity index (χ1) is 8.65. The molecule has 1 aromatic carbocycles. The van der Waals surface area contributed by atoms with E-state index >= 15 is 0 Å². The van der Waals surface area contributed by atoms with Gasteiger partial charge in [0, 0.05) is 18.7 Å². The van der Waals surface area contributed by atoms with Gasteiger partial charge in [0.2, 0.25) is 0 Å². The molecular formula is C15H24ClFN2. The van der Waals surface area contributed by atoms with Crippen molar-refractivity contribution >= 4 is 12.4 Å². The highest BCUT2D eigenvalue weighted by Crippen LogP contribution is 2.15. The van der Waals surface area contributed by atoms with Crippen molar-refractivity contribution in [3.63, 3.8) is 0 Å². The van der Waals surface area contributed by atoms with Crippen LogP contribution in [-0.2, 0) is 6.54 Å². The van der Waals surface area contributed by atoms with Gasteiger partial charge in [0.1, 0.15) is 5.82 Å². The van der Waals surface area contributed by atoms with Crippen molar-refractivity contribution in [1.82, 2.24) is 10.2 Å². The molecule has 1 aliphatic heterocycles. The Kier molecular flexibility index (Phi) is 6.76. The Morgan fingerprint density at radius 1 is 1.42 bits per heavy atom. The van der Waals surface area contributed by atoms with E-state index < -0.39 is 0 Å². The molecule has 1 unspecified atom stereocenters. The number of nitrogens with zero attached hydrogens (tertiary/aromatic N) is 1. The van der Waals surface area contributed by atoms with Crippen LogP contribution in [0.25, 0.3) is 0 Å². The van der Waals surface area contributed by atoms with Crippen molar-refractivity contribution in [3.05, 3.63) is 35.1 Å². The first kappa shape index (κ1) is 16.4. The number of rotatable bonds is 4. The van der Waals surface area contributed by atoms with Crippen molar-refractivity contribution < 1.29 is 4.39 Å². The number of aryl methyl sites for hydroxylation is 1. The van der Waals surface area contributed by atoms with E-state index in [0.29, 0.717) is 12.5 Å². The molecule has 0 amide bonds. The number of hydrogen-bond donors (Lipinski definition) is 1. The summed E-state index contributed by atoms with van der Waals surface area (Å²) >= 11 is 0. The van der Waals surface area contributed by atoms with E-state index in [4.69, 9.17) is 0 Å². The van der Waals surface area contributed by atoms with Crippen LogP contribution in [0, 0.1) is 18.7 Å². The maximum Gasteiger partial charge on any atom is 0.127 e. The van der Waals surface area contributed by atoms with Gasteiger partial charge in [0.25, 0.3) is 0 Å². The van der Waals surface area contributed by atoms with Crippen LogP contribution in [0.1, 0.15) is 24.0 Å². The monoisotopic (exact) mass is 286 g/mol. The van der Waals surface area contributed by atoms with Gasteiger partial charge in [-0.25, -0.2) is 4.39 Å². The number of benzene rings is 1. The van der Waals surface area contributed by atoms with Gasteiger partial charge in [-0.1, -0.05) is 17.7 Å². The van der Waals surface area contributed by atoms with E-state index in [9.17, 15) is 4.39 Å². The van der Waals surface area contributed by atoms with Gasteiger partial charge in [-0.05, 0) is 51.9 Å². The van der Waals surface area contributed by atoms with Crippen molar-refractivity contribution in [3.8, 4) is 0 Å². The first-order valence-corrected chi connectivity index (χ1v) is 6.79. The highest BCUT2D eigenvalue weighted by Gasteiger charge is 2.15. The Morgan fingerprint density at radius 2 is 2.21 bits per heavy atom. The van der Waals surface area contributed by atoms with E-state index in [1.165, 1.54) is 12.8 Å². The molecule has 4 heteroatoms. The molecule has 108 valence electrons. The average Bonchev–Trinajstić information content (AvgIpc) is 2.35. The molecule has 1 aliphatic rings. The lowest BCUT2D eigenvalue weighted by atomic mass is 9.99. The van der Waals surface area contributed by atoms with Gasteiger partial charge in [0.15, 0.2) is 0 Å². The second-order valence-corrected chi connectivity index (χ2v) is 5.50. The van der Waals surface area contributed by atoms with Crippen LogP contribution in [0.3, 0.4) is 0 Å².